The fourth-order valence-electron chi connectivity index (χ4n) is 2.38. The molecule has 2 aromatic rings. The molecule has 1 heterocycles. The zero-order valence-electron chi connectivity index (χ0n) is 15.2. The third kappa shape index (κ3) is 5.47. The van der Waals surface area contributed by atoms with Crippen LogP contribution in [0.2, 0.25) is 0 Å². The Balaban J connectivity index is 1.94. The van der Waals surface area contributed by atoms with E-state index in [2.05, 4.69) is 10.3 Å². The van der Waals surface area contributed by atoms with Crippen molar-refractivity contribution in [2.24, 2.45) is 0 Å². The lowest BCUT2D eigenvalue weighted by Crippen LogP contribution is -2.37. The molecule has 0 unspecified atom stereocenters. The van der Waals surface area contributed by atoms with E-state index in [9.17, 15) is 9.59 Å². The molecule has 0 aliphatic heterocycles. The number of benzene rings is 1. The molecule has 0 fully saturated rings. The Labute approximate surface area is 152 Å². The van der Waals surface area contributed by atoms with E-state index in [1.54, 1.807) is 29.3 Å². The van der Waals surface area contributed by atoms with Crippen molar-refractivity contribution in [2.75, 3.05) is 27.3 Å². The number of ether oxygens (including phenoxy) is 2. The van der Waals surface area contributed by atoms with Gasteiger partial charge in [-0.2, -0.15) is 0 Å². The first kappa shape index (κ1) is 19.2. The zero-order chi connectivity index (χ0) is 18.9. The number of amides is 2. The smallest absolute Gasteiger partial charge is 0.251 e. The van der Waals surface area contributed by atoms with Crippen molar-refractivity contribution >= 4 is 11.8 Å². The number of aromatic nitrogens is 1. The van der Waals surface area contributed by atoms with Crippen LogP contribution in [-0.4, -0.2) is 49.0 Å². The van der Waals surface area contributed by atoms with Gasteiger partial charge in [-0.25, -0.2) is 0 Å². The monoisotopic (exact) mass is 357 g/mol. The van der Waals surface area contributed by atoms with Crippen LogP contribution in [0.15, 0.2) is 42.6 Å². The lowest BCUT2D eigenvalue weighted by molar-refractivity contribution is -0.129. The largest absolute Gasteiger partial charge is 0.497 e. The summed E-state index contributed by atoms with van der Waals surface area (Å²) in [6.07, 6.45) is 1.69. The molecule has 0 spiro atoms. The summed E-state index contributed by atoms with van der Waals surface area (Å²) >= 11 is 0. The van der Waals surface area contributed by atoms with Crippen LogP contribution in [0.25, 0.3) is 0 Å². The minimum Gasteiger partial charge on any atom is -0.497 e. The number of hydrogen-bond acceptors (Lipinski definition) is 5. The summed E-state index contributed by atoms with van der Waals surface area (Å²) in [5.41, 5.74) is 1.23. The van der Waals surface area contributed by atoms with Gasteiger partial charge in [0.15, 0.2) is 0 Å². The highest BCUT2D eigenvalue weighted by atomic mass is 16.5. The summed E-state index contributed by atoms with van der Waals surface area (Å²) in [4.78, 5) is 30.0. The lowest BCUT2D eigenvalue weighted by atomic mass is 10.2. The molecule has 0 bridgehead atoms. The molecular weight excluding hydrogens is 334 g/mol. The van der Waals surface area contributed by atoms with Crippen LogP contribution in [0.5, 0.6) is 11.5 Å². The maximum atomic E-state index is 12.4. The van der Waals surface area contributed by atoms with Gasteiger partial charge >= 0.3 is 0 Å². The van der Waals surface area contributed by atoms with Crippen LogP contribution in [-0.2, 0) is 11.3 Å². The van der Waals surface area contributed by atoms with Crippen LogP contribution < -0.4 is 14.8 Å². The maximum Gasteiger partial charge on any atom is 0.251 e. The van der Waals surface area contributed by atoms with Crippen LogP contribution in [0.4, 0.5) is 0 Å². The molecule has 0 radical (unpaired) electrons. The molecule has 2 amide bonds. The number of pyridine rings is 1. The summed E-state index contributed by atoms with van der Waals surface area (Å²) < 4.78 is 10.3. The van der Waals surface area contributed by atoms with Gasteiger partial charge in [-0.3, -0.25) is 14.6 Å². The van der Waals surface area contributed by atoms with Crippen molar-refractivity contribution < 1.29 is 19.1 Å². The average Bonchev–Trinajstić information content (AvgIpc) is 2.67. The summed E-state index contributed by atoms with van der Waals surface area (Å²) in [6.45, 7) is 2.61. The van der Waals surface area contributed by atoms with Gasteiger partial charge in [-0.1, -0.05) is 6.07 Å². The molecule has 0 aliphatic rings. The normalized spacial score (nSPS) is 10.1. The minimum absolute atomic E-state index is 0.0760. The minimum atomic E-state index is -0.261. The number of carbonyl (C=O) groups is 2. The first-order valence-corrected chi connectivity index (χ1v) is 8.20. The highest BCUT2D eigenvalue weighted by Gasteiger charge is 2.13. The molecular formula is C19H23N3O4. The predicted octanol–water partition coefficient (Wildman–Crippen LogP) is 1.88. The third-order valence-electron chi connectivity index (χ3n) is 3.81. The van der Waals surface area contributed by atoms with Crippen molar-refractivity contribution in [3.05, 3.63) is 53.9 Å². The van der Waals surface area contributed by atoms with Crippen LogP contribution in [0.3, 0.4) is 0 Å². The first-order valence-electron chi connectivity index (χ1n) is 8.20. The van der Waals surface area contributed by atoms with Crippen molar-refractivity contribution in [2.45, 2.75) is 13.5 Å². The Bertz CT molecular complexity index is 727. The Morgan fingerprint density at radius 2 is 1.81 bits per heavy atom. The number of nitrogens with one attached hydrogen (secondary N) is 1. The molecule has 2 rings (SSSR count). The number of methoxy groups -OCH3 is 2. The molecule has 1 N–H and O–H groups in total. The summed E-state index contributed by atoms with van der Waals surface area (Å²) in [5, 5.41) is 2.81. The van der Waals surface area contributed by atoms with E-state index in [0.29, 0.717) is 36.7 Å². The Morgan fingerprint density at radius 1 is 1.12 bits per heavy atom. The molecule has 1 aromatic heterocycles. The van der Waals surface area contributed by atoms with Crippen LogP contribution >= 0.6 is 0 Å². The predicted molar refractivity (Wildman–Crippen MR) is 97.2 cm³/mol. The summed E-state index contributed by atoms with van der Waals surface area (Å²) in [5.74, 6) is 0.738. The van der Waals surface area contributed by atoms with Gasteiger partial charge in [0.2, 0.25) is 5.91 Å². The van der Waals surface area contributed by atoms with Gasteiger partial charge in [0, 0.05) is 37.8 Å². The van der Waals surface area contributed by atoms with E-state index < -0.39 is 0 Å². The average molecular weight is 357 g/mol. The first-order chi connectivity index (χ1) is 12.5. The Kier molecular flexibility index (Phi) is 6.96. The molecule has 1 aromatic carbocycles. The number of nitrogens with zero attached hydrogens (tertiary/aromatic N) is 2. The van der Waals surface area contributed by atoms with Gasteiger partial charge < -0.3 is 19.7 Å². The molecule has 26 heavy (non-hydrogen) atoms. The Hall–Kier alpha value is -3.09. The number of rotatable bonds is 8. The van der Waals surface area contributed by atoms with E-state index in [1.807, 2.05) is 18.2 Å². The van der Waals surface area contributed by atoms with Crippen molar-refractivity contribution in [1.29, 1.82) is 0 Å². The maximum absolute atomic E-state index is 12.4. The quantitative estimate of drug-likeness (QED) is 0.780. The molecule has 0 aliphatic carbocycles. The highest BCUT2D eigenvalue weighted by Crippen LogP contribution is 2.22. The van der Waals surface area contributed by atoms with Crippen molar-refractivity contribution in [1.82, 2.24) is 15.2 Å². The second kappa shape index (κ2) is 9.41. The van der Waals surface area contributed by atoms with E-state index in [4.69, 9.17) is 9.47 Å². The highest BCUT2D eigenvalue weighted by molar-refractivity contribution is 5.95. The van der Waals surface area contributed by atoms with Gasteiger partial charge in [-0.15, -0.1) is 0 Å². The Morgan fingerprint density at radius 3 is 2.35 bits per heavy atom. The third-order valence-corrected chi connectivity index (χ3v) is 3.81. The van der Waals surface area contributed by atoms with E-state index in [1.165, 1.54) is 21.1 Å². The fourth-order valence-corrected chi connectivity index (χ4v) is 2.38. The molecule has 0 atom stereocenters. The standard InChI is InChI=1S/C19H23N3O4/c1-14(23)22(13-16-6-4-5-7-20-16)9-8-21-19(24)15-10-17(25-2)12-18(11-15)26-3/h4-7,10-12H,8-9,13H2,1-3H3,(H,21,24). The van der Waals surface area contributed by atoms with Crippen LogP contribution in [0, 0.1) is 0 Å². The van der Waals surface area contributed by atoms with Gasteiger partial charge in [0.25, 0.3) is 5.91 Å². The lowest BCUT2D eigenvalue weighted by Gasteiger charge is -2.21. The molecule has 7 nitrogen and oxygen atoms in total. The summed E-state index contributed by atoms with van der Waals surface area (Å²) in [7, 11) is 3.05. The SMILES string of the molecule is COc1cc(OC)cc(C(=O)NCCN(Cc2ccccn2)C(C)=O)c1. The van der Waals surface area contributed by atoms with E-state index in [0.717, 1.165) is 5.69 Å². The topological polar surface area (TPSA) is 80.8 Å². The molecule has 0 saturated carbocycles. The van der Waals surface area contributed by atoms with Gasteiger partial charge in [0.05, 0.1) is 26.5 Å². The molecule has 7 heteroatoms. The second-order valence-corrected chi connectivity index (χ2v) is 5.62. The molecule has 0 saturated heterocycles. The number of carbonyl (C=O) groups excluding carboxylic acids is 2. The van der Waals surface area contributed by atoms with E-state index in [-0.39, 0.29) is 11.8 Å². The zero-order valence-corrected chi connectivity index (χ0v) is 15.2. The second-order valence-electron chi connectivity index (χ2n) is 5.62. The van der Waals surface area contributed by atoms with Crippen LogP contribution in [0.1, 0.15) is 23.0 Å². The number of hydrogen-bond donors (Lipinski definition) is 1. The fraction of sp³-hybridized carbons (Fsp3) is 0.316. The van der Waals surface area contributed by atoms with Crippen molar-refractivity contribution in [3.8, 4) is 11.5 Å². The van der Waals surface area contributed by atoms with E-state index >= 15 is 0 Å². The van der Waals surface area contributed by atoms with Gasteiger partial charge in [0.1, 0.15) is 11.5 Å². The summed E-state index contributed by atoms with van der Waals surface area (Å²) in [6, 6.07) is 10.5. The molecule has 138 valence electrons. The van der Waals surface area contributed by atoms with Gasteiger partial charge in [-0.05, 0) is 24.3 Å². The van der Waals surface area contributed by atoms with Crippen molar-refractivity contribution in [3.63, 3.8) is 0 Å².